The lowest BCUT2D eigenvalue weighted by Gasteiger charge is -2.07. The summed E-state index contributed by atoms with van der Waals surface area (Å²) in [6.07, 6.45) is 2.84. The third-order valence-electron chi connectivity index (χ3n) is 3.11. The number of aryl methyl sites for hydroxylation is 1. The molecule has 2 rings (SSSR count). The van der Waals surface area contributed by atoms with E-state index in [4.69, 9.17) is 0 Å². The summed E-state index contributed by atoms with van der Waals surface area (Å²) in [5.41, 5.74) is -1.98. The van der Waals surface area contributed by atoms with Crippen LogP contribution in [0.5, 0.6) is 0 Å². The van der Waals surface area contributed by atoms with Crippen molar-refractivity contribution in [3.05, 3.63) is 36.0 Å². The van der Waals surface area contributed by atoms with Crippen LogP contribution in [0.4, 0.5) is 13.2 Å². The third-order valence-corrected chi connectivity index (χ3v) is 3.83. The summed E-state index contributed by atoms with van der Waals surface area (Å²) in [6.45, 7) is 1.22. The van der Waals surface area contributed by atoms with Crippen molar-refractivity contribution in [1.82, 2.24) is 9.88 Å². The van der Waals surface area contributed by atoms with Crippen LogP contribution < -0.4 is 5.32 Å². The van der Waals surface area contributed by atoms with Crippen LogP contribution in [-0.4, -0.2) is 29.4 Å². The van der Waals surface area contributed by atoms with Gasteiger partial charge in [0, 0.05) is 29.4 Å². The maximum Gasteiger partial charge on any atom is 0.441 e. The Bertz CT molecular complexity index is 563. The van der Waals surface area contributed by atoms with Crippen LogP contribution in [0.3, 0.4) is 0 Å². The standard InChI is InChI=1S/C14H17F3N2S/c1-18-7-6-11-10-19(8-9-20-14(15,16)17)13-5-3-2-4-12(11)13/h2-5,10,18H,6-9H2,1H3. The molecule has 0 bridgehead atoms. The minimum atomic E-state index is -4.15. The van der Waals surface area contributed by atoms with Gasteiger partial charge in [-0.05, 0) is 43.4 Å². The number of fused-ring (bicyclic) bond motifs is 1. The highest BCUT2D eigenvalue weighted by Crippen LogP contribution is 2.30. The average molecular weight is 302 g/mol. The molecule has 0 aliphatic rings. The van der Waals surface area contributed by atoms with Gasteiger partial charge in [-0.3, -0.25) is 0 Å². The average Bonchev–Trinajstić information content (AvgIpc) is 2.74. The summed E-state index contributed by atoms with van der Waals surface area (Å²) in [5, 5.41) is 4.22. The minimum absolute atomic E-state index is 0.0309. The van der Waals surface area contributed by atoms with Crippen LogP contribution in [0.15, 0.2) is 30.5 Å². The Labute approximate surface area is 120 Å². The van der Waals surface area contributed by atoms with Crippen LogP contribution in [-0.2, 0) is 13.0 Å². The molecule has 20 heavy (non-hydrogen) atoms. The normalized spacial score (nSPS) is 12.2. The summed E-state index contributed by atoms with van der Waals surface area (Å²) in [7, 11) is 1.89. The molecule has 0 saturated heterocycles. The van der Waals surface area contributed by atoms with Gasteiger partial charge in [0.2, 0.25) is 0 Å². The van der Waals surface area contributed by atoms with E-state index in [0.717, 1.165) is 23.9 Å². The molecule has 110 valence electrons. The van der Waals surface area contributed by atoms with E-state index >= 15 is 0 Å². The monoisotopic (exact) mass is 302 g/mol. The number of para-hydroxylation sites is 1. The Balaban J connectivity index is 2.16. The summed E-state index contributed by atoms with van der Waals surface area (Å²) < 4.78 is 38.5. The van der Waals surface area contributed by atoms with E-state index in [-0.39, 0.29) is 17.5 Å². The van der Waals surface area contributed by atoms with Gasteiger partial charge in [0.15, 0.2) is 0 Å². The molecule has 0 radical (unpaired) electrons. The zero-order chi connectivity index (χ0) is 14.6. The maximum atomic E-state index is 12.2. The van der Waals surface area contributed by atoms with Gasteiger partial charge in [0.05, 0.1) is 0 Å². The highest BCUT2D eigenvalue weighted by molar-refractivity contribution is 8.00. The van der Waals surface area contributed by atoms with Crippen molar-refractivity contribution in [2.24, 2.45) is 0 Å². The summed E-state index contributed by atoms with van der Waals surface area (Å²) in [6, 6.07) is 7.85. The first-order chi connectivity index (χ1) is 9.51. The Morgan fingerprint density at radius 2 is 2.00 bits per heavy atom. The number of likely N-dealkylation sites (N-methyl/N-ethyl adjacent to an activating group) is 1. The van der Waals surface area contributed by atoms with Crippen molar-refractivity contribution >= 4 is 22.7 Å². The van der Waals surface area contributed by atoms with E-state index in [0.29, 0.717) is 6.54 Å². The lowest BCUT2D eigenvalue weighted by Crippen LogP contribution is -2.10. The molecular weight excluding hydrogens is 285 g/mol. The number of benzene rings is 1. The summed E-state index contributed by atoms with van der Waals surface area (Å²) >= 11 is 0.0309. The predicted molar refractivity (Wildman–Crippen MR) is 78.1 cm³/mol. The number of rotatable bonds is 6. The van der Waals surface area contributed by atoms with E-state index < -0.39 is 5.51 Å². The molecule has 0 aliphatic heterocycles. The van der Waals surface area contributed by atoms with Gasteiger partial charge in [-0.25, -0.2) is 0 Å². The van der Waals surface area contributed by atoms with Crippen LogP contribution in [0.25, 0.3) is 10.9 Å². The van der Waals surface area contributed by atoms with Crippen LogP contribution in [0.2, 0.25) is 0 Å². The zero-order valence-electron chi connectivity index (χ0n) is 11.2. The van der Waals surface area contributed by atoms with E-state index in [2.05, 4.69) is 5.32 Å². The fourth-order valence-electron chi connectivity index (χ4n) is 2.23. The van der Waals surface area contributed by atoms with Crippen molar-refractivity contribution in [3.8, 4) is 0 Å². The Kier molecular flexibility index (Phi) is 4.99. The first-order valence-electron chi connectivity index (χ1n) is 6.43. The van der Waals surface area contributed by atoms with Crippen LogP contribution >= 0.6 is 11.8 Å². The predicted octanol–water partition coefficient (Wildman–Crippen LogP) is 3.66. The molecule has 2 nitrogen and oxygen atoms in total. The van der Waals surface area contributed by atoms with E-state index in [1.54, 1.807) is 0 Å². The van der Waals surface area contributed by atoms with Gasteiger partial charge in [-0.2, -0.15) is 13.2 Å². The Morgan fingerprint density at radius 1 is 1.25 bits per heavy atom. The van der Waals surface area contributed by atoms with E-state index in [9.17, 15) is 13.2 Å². The highest BCUT2D eigenvalue weighted by atomic mass is 32.2. The molecule has 0 unspecified atom stereocenters. The lowest BCUT2D eigenvalue weighted by molar-refractivity contribution is -0.0328. The van der Waals surface area contributed by atoms with Crippen molar-refractivity contribution < 1.29 is 13.2 Å². The molecule has 0 fully saturated rings. The molecular formula is C14H17F3N2S. The third kappa shape index (κ3) is 3.93. The molecule has 0 saturated carbocycles. The fourth-order valence-corrected chi connectivity index (χ4v) is 2.75. The molecule has 6 heteroatoms. The van der Waals surface area contributed by atoms with Crippen molar-refractivity contribution in [3.63, 3.8) is 0 Å². The molecule has 0 atom stereocenters. The van der Waals surface area contributed by atoms with Gasteiger partial charge in [-0.1, -0.05) is 18.2 Å². The Hall–Kier alpha value is -1.14. The second-order valence-corrected chi connectivity index (χ2v) is 5.67. The topological polar surface area (TPSA) is 17.0 Å². The Morgan fingerprint density at radius 3 is 2.70 bits per heavy atom. The quantitative estimate of drug-likeness (QED) is 0.877. The second-order valence-electron chi connectivity index (χ2n) is 4.51. The van der Waals surface area contributed by atoms with Crippen molar-refractivity contribution in [1.29, 1.82) is 0 Å². The number of alkyl halides is 3. The van der Waals surface area contributed by atoms with E-state index in [1.165, 1.54) is 5.56 Å². The van der Waals surface area contributed by atoms with Crippen LogP contribution in [0, 0.1) is 0 Å². The number of thioether (sulfide) groups is 1. The fraction of sp³-hybridized carbons (Fsp3) is 0.429. The maximum absolute atomic E-state index is 12.2. The number of halogens is 3. The minimum Gasteiger partial charge on any atom is -0.346 e. The first kappa shape index (κ1) is 15.3. The summed E-state index contributed by atoms with van der Waals surface area (Å²) in [5.74, 6) is 0.0354. The highest BCUT2D eigenvalue weighted by Gasteiger charge is 2.27. The lowest BCUT2D eigenvalue weighted by atomic mass is 10.1. The van der Waals surface area contributed by atoms with Crippen molar-refractivity contribution in [2.45, 2.75) is 18.5 Å². The molecule has 1 aromatic carbocycles. The molecule has 1 N–H and O–H groups in total. The number of nitrogens with one attached hydrogen (secondary N) is 1. The van der Waals surface area contributed by atoms with E-state index in [1.807, 2.05) is 42.1 Å². The smallest absolute Gasteiger partial charge is 0.346 e. The second kappa shape index (κ2) is 6.54. The molecule has 1 aromatic heterocycles. The zero-order valence-corrected chi connectivity index (χ0v) is 12.0. The molecule has 2 aromatic rings. The first-order valence-corrected chi connectivity index (χ1v) is 7.42. The number of hydrogen-bond acceptors (Lipinski definition) is 2. The summed E-state index contributed by atoms with van der Waals surface area (Å²) in [4.78, 5) is 0. The number of nitrogens with zero attached hydrogens (tertiary/aromatic N) is 1. The SMILES string of the molecule is CNCCc1cn(CCSC(F)(F)F)c2ccccc12. The van der Waals surface area contributed by atoms with Gasteiger partial charge in [0.1, 0.15) is 0 Å². The molecule has 1 heterocycles. The molecule has 0 aliphatic carbocycles. The van der Waals surface area contributed by atoms with Gasteiger partial charge >= 0.3 is 5.51 Å². The number of aromatic nitrogens is 1. The molecule has 0 spiro atoms. The van der Waals surface area contributed by atoms with Gasteiger partial charge in [0.25, 0.3) is 0 Å². The van der Waals surface area contributed by atoms with Crippen molar-refractivity contribution in [2.75, 3.05) is 19.3 Å². The van der Waals surface area contributed by atoms with Crippen LogP contribution in [0.1, 0.15) is 5.56 Å². The van der Waals surface area contributed by atoms with Gasteiger partial charge in [-0.15, -0.1) is 0 Å². The van der Waals surface area contributed by atoms with Gasteiger partial charge < -0.3 is 9.88 Å². The molecule has 0 amide bonds. The largest absolute Gasteiger partial charge is 0.441 e. The number of hydrogen-bond donors (Lipinski definition) is 1.